The second kappa shape index (κ2) is 4.62. The summed E-state index contributed by atoms with van der Waals surface area (Å²) in [6.07, 6.45) is 0.526. The average Bonchev–Trinajstić information content (AvgIpc) is 2.71. The minimum Gasteiger partial charge on any atom is -0.480 e. The Morgan fingerprint density at radius 3 is 2.43 bits per heavy atom. The number of H-pyrrole nitrogens is 1. The van der Waals surface area contributed by atoms with Gasteiger partial charge in [0.05, 0.1) is 0 Å². The molecule has 1 aliphatic heterocycles. The van der Waals surface area contributed by atoms with Gasteiger partial charge in [0.2, 0.25) is 0 Å². The summed E-state index contributed by atoms with van der Waals surface area (Å²) in [4.78, 5) is 28.3. The van der Waals surface area contributed by atoms with E-state index in [-0.39, 0.29) is 5.91 Å². The van der Waals surface area contributed by atoms with Gasteiger partial charge in [-0.25, -0.2) is 4.79 Å². The number of aliphatic carboxylic acids is 1. The smallest absolute Gasteiger partial charge is 0.326 e. The molecule has 1 aromatic heterocycles. The van der Waals surface area contributed by atoms with Gasteiger partial charge in [0.15, 0.2) is 0 Å². The lowest BCUT2D eigenvalue weighted by Gasteiger charge is -2.37. The Morgan fingerprint density at radius 2 is 1.90 bits per heavy atom. The third kappa shape index (κ3) is 1.92. The number of hydrogen-bond donors (Lipinski definition) is 2. The first-order valence-electron chi connectivity index (χ1n) is 7.04. The van der Waals surface area contributed by atoms with Gasteiger partial charge in [-0.3, -0.25) is 4.79 Å². The third-order valence-electron chi connectivity index (χ3n) is 4.40. The van der Waals surface area contributed by atoms with Gasteiger partial charge >= 0.3 is 5.97 Å². The summed E-state index contributed by atoms with van der Waals surface area (Å²) in [5.41, 5.74) is 4.56. The predicted octanol–water partition coefficient (Wildman–Crippen LogP) is 2.39. The molecule has 2 N–H and O–H groups in total. The van der Waals surface area contributed by atoms with Crippen molar-refractivity contribution in [1.29, 1.82) is 0 Å². The van der Waals surface area contributed by atoms with E-state index in [1.807, 2.05) is 32.9 Å². The van der Waals surface area contributed by atoms with Gasteiger partial charge in [-0.15, -0.1) is 0 Å². The van der Waals surface area contributed by atoms with Crippen LogP contribution in [0.4, 0.5) is 0 Å². The summed E-state index contributed by atoms with van der Waals surface area (Å²) < 4.78 is 0. The molecule has 1 atom stereocenters. The van der Waals surface area contributed by atoms with E-state index in [2.05, 4.69) is 4.98 Å². The Labute approximate surface area is 122 Å². The number of nitrogens with zero attached hydrogens (tertiary/aromatic N) is 1. The highest BCUT2D eigenvalue weighted by atomic mass is 16.4. The van der Waals surface area contributed by atoms with Gasteiger partial charge in [-0.05, 0) is 43.9 Å². The molecule has 1 saturated heterocycles. The number of rotatable bonds is 2. The summed E-state index contributed by atoms with van der Waals surface area (Å²) in [5, 5.41) is 10.2. The van der Waals surface area contributed by atoms with Gasteiger partial charge < -0.3 is 15.0 Å². The van der Waals surface area contributed by atoms with Crippen LogP contribution in [-0.2, 0) is 4.79 Å². The molecule has 21 heavy (non-hydrogen) atoms. The molecule has 2 heterocycles. The maximum atomic E-state index is 12.6. The Hall–Kier alpha value is -2.30. The highest BCUT2D eigenvalue weighted by Crippen LogP contribution is 2.30. The number of hydrogen-bond acceptors (Lipinski definition) is 2. The van der Waals surface area contributed by atoms with Crippen molar-refractivity contribution in [1.82, 2.24) is 9.88 Å². The van der Waals surface area contributed by atoms with Gasteiger partial charge in [-0.2, -0.15) is 0 Å². The van der Waals surface area contributed by atoms with Crippen molar-refractivity contribution >= 4 is 22.8 Å². The van der Waals surface area contributed by atoms with E-state index in [1.165, 1.54) is 4.90 Å². The summed E-state index contributed by atoms with van der Waals surface area (Å²) in [5.74, 6) is -1.16. The van der Waals surface area contributed by atoms with Gasteiger partial charge in [0.1, 0.15) is 11.7 Å². The SMILES string of the molecule is Cc1ccc(C)c2c(C)c(C(=O)N3CC[C@@H]3C(=O)O)[nH]c12. The van der Waals surface area contributed by atoms with Crippen LogP contribution in [0.25, 0.3) is 10.9 Å². The number of likely N-dealkylation sites (tertiary alicyclic amines) is 1. The number of aromatic nitrogens is 1. The predicted molar refractivity (Wildman–Crippen MR) is 79.6 cm³/mol. The zero-order valence-electron chi connectivity index (χ0n) is 12.4. The number of fused-ring (bicyclic) bond motifs is 1. The van der Waals surface area contributed by atoms with Crippen LogP contribution in [-0.4, -0.2) is 39.5 Å². The van der Waals surface area contributed by atoms with E-state index >= 15 is 0 Å². The van der Waals surface area contributed by atoms with E-state index in [1.54, 1.807) is 0 Å². The number of amides is 1. The summed E-state index contributed by atoms with van der Waals surface area (Å²) in [6.45, 7) is 6.42. The van der Waals surface area contributed by atoms with Crippen LogP contribution in [0, 0.1) is 20.8 Å². The standard InChI is InChI=1S/C16H18N2O3/c1-8-4-5-9(2)13-12(8)10(3)14(17-13)15(19)18-7-6-11(18)16(20)21/h4-5,11,17H,6-7H2,1-3H3,(H,20,21)/t11-/m1/s1. The van der Waals surface area contributed by atoms with E-state index in [4.69, 9.17) is 5.11 Å². The molecule has 0 radical (unpaired) electrons. The first kappa shape index (κ1) is 13.7. The first-order chi connectivity index (χ1) is 9.91. The van der Waals surface area contributed by atoms with Crippen molar-refractivity contribution in [3.63, 3.8) is 0 Å². The van der Waals surface area contributed by atoms with Crippen LogP contribution >= 0.6 is 0 Å². The number of aryl methyl sites for hydroxylation is 3. The summed E-state index contributed by atoms with van der Waals surface area (Å²) in [7, 11) is 0. The molecule has 1 amide bonds. The average molecular weight is 286 g/mol. The molecule has 1 aliphatic rings. The number of nitrogens with one attached hydrogen (secondary N) is 1. The van der Waals surface area contributed by atoms with Crippen molar-refractivity contribution in [3.8, 4) is 0 Å². The Morgan fingerprint density at radius 1 is 1.24 bits per heavy atom. The van der Waals surface area contributed by atoms with Crippen molar-refractivity contribution in [2.24, 2.45) is 0 Å². The van der Waals surface area contributed by atoms with Crippen molar-refractivity contribution in [2.45, 2.75) is 33.2 Å². The van der Waals surface area contributed by atoms with Gasteiger partial charge in [-0.1, -0.05) is 12.1 Å². The molecule has 3 rings (SSSR count). The van der Waals surface area contributed by atoms with Crippen LogP contribution < -0.4 is 0 Å². The maximum absolute atomic E-state index is 12.6. The minimum atomic E-state index is -0.935. The number of benzene rings is 1. The monoisotopic (exact) mass is 286 g/mol. The molecule has 1 aromatic carbocycles. The Balaban J connectivity index is 2.07. The van der Waals surface area contributed by atoms with Crippen molar-refractivity contribution in [3.05, 3.63) is 34.5 Å². The molecule has 5 nitrogen and oxygen atoms in total. The number of carboxylic acids is 1. The molecule has 5 heteroatoms. The van der Waals surface area contributed by atoms with Crippen molar-refractivity contribution < 1.29 is 14.7 Å². The first-order valence-corrected chi connectivity index (χ1v) is 7.04. The van der Waals surface area contributed by atoms with Gasteiger partial charge in [0.25, 0.3) is 5.91 Å². The lowest BCUT2D eigenvalue weighted by atomic mass is 10.0. The van der Waals surface area contributed by atoms with Crippen LogP contribution in [0.3, 0.4) is 0 Å². The molecule has 0 bridgehead atoms. The normalized spacial score (nSPS) is 17.9. The quantitative estimate of drug-likeness (QED) is 0.890. The molecular formula is C16H18N2O3. The van der Waals surface area contributed by atoms with Crippen LogP contribution in [0.2, 0.25) is 0 Å². The van der Waals surface area contributed by atoms with Gasteiger partial charge in [0, 0.05) is 17.4 Å². The lowest BCUT2D eigenvalue weighted by Crippen LogP contribution is -2.55. The fourth-order valence-corrected chi connectivity index (χ4v) is 3.04. The maximum Gasteiger partial charge on any atom is 0.326 e. The van der Waals surface area contributed by atoms with E-state index in [9.17, 15) is 9.59 Å². The number of carbonyl (C=O) groups excluding carboxylic acids is 1. The summed E-state index contributed by atoms with van der Waals surface area (Å²) >= 11 is 0. The Kier molecular flexibility index (Phi) is 3.01. The molecule has 0 saturated carbocycles. The number of carboxylic acid groups (broad SMARTS) is 1. The fraction of sp³-hybridized carbons (Fsp3) is 0.375. The van der Waals surface area contributed by atoms with Crippen LogP contribution in [0.15, 0.2) is 12.1 Å². The zero-order chi connectivity index (χ0) is 15.3. The molecule has 110 valence electrons. The highest BCUT2D eigenvalue weighted by molar-refractivity contribution is 6.04. The van der Waals surface area contributed by atoms with Crippen molar-refractivity contribution in [2.75, 3.05) is 6.54 Å². The lowest BCUT2D eigenvalue weighted by molar-refractivity contribution is -0.146. The molecule has 2 aromatic rings. The molecule has 0 unspecified atom stereocenters. The van der Waals surface area contributed by atoms with E-state index in [0.717, 1.165) is 27.6 Å². The second-order valence-electron chi connectivity index (χ2n) is 5.72. The van der Waals surface area contributed by atoms with E-state index < -0.39 is 12.0 Å². The van der Waals surface area contributed by atoms with E-state index in [0.29, 0.717) is 18.7 Å². The highest BCUT2D eigenvalue weighted by Gasteiger charge is 2.39. The largest absolute Gasteiger partial charge is 0.480 e. The number of aromatic amines is 1. The Bertz CT molecular complexity index is 760. The molecule has 0 aliphatic carbocycles. The number of carbonyl (C=O) groups is 2. The molecular weight excluding hydrogens is 268 g/mol. The minimum absolute atomic E-state index is 0.221. The topological polar surface area (TPSA) is 73.4 Å². The molecule has 0 spiro atoms. The van der Waals surface area contributed by atoms with Crippen LogP contribution in [0.1, 0.15) is 33.6 Å². The molecule has 1 fully saturated rings. The fourth-order valence-electron chi connectivity index (χ4n) is 3.04. The second-order valence-corrected chi connectivity index (χ2v) is 5.72. The summed E-state index contributed by atoms with van der Waals surface area (Å²) in [6, 6.07) is 3.37. The zero-order valence-corrected chi connectivity index (χ0v) is 12.4. The van der Waals surface area contributed by atoms with Crippen LogP contribution in [0.5, 0.6) is 0 Å². The third-order valence-corrected chi connectivity index (χ3v) is 4.40.